The molecule has 3 heterocycles. The number of anilines is 2. The van der Waals surface area contributed by atoms with E-state index in [1.807, 2.05) is 30.5 Å². The smallest absolute Gasteiger partial charge is 0.307 e. The molecule has 0 spiro atoms. The van der Waals surface area contributed by atoms with Crippen molar-refractivity contribution in [1.29, 1.82) is 0 Å². The van der Waals surface area contributed by atoms with Crippen LogP contribution in [0, 0.1) is 24.7 Å². The van der Waals surface area contributed by atoms with E-state index in [-0.39, 0.29) is 30.3 Å². The lowest BCUT2D eigenvalue weighted by atomic mass is 9.85. The number of nitrogens with zero attached hydrogens (tertiary/aromatic N) is 3. The molecule has 3 aliphatic rings. The van der Waals surface area contributed by atoms with E-state index in [0.717, 1.165) is 53.4 Å². The first kappa shape index (κ1) is 26.6. The number of aliphatic carboxylic acids is 1. The second-order valence-corrected chi connectivity index (χ2v) is 11.8. The third-order valence-electron chi connectivity index (χ3n) is 8.37. The molecule has 40 heavy (non-hydrogen) atoms. The van der Waals surface area contributed by atoms with Gasteiger partial charge in [0, 0.05) is 53.9 Å². The van der Waals surface area contributed by atoms with Gasteiger partial charge in [-0.3, -0.25) is 9.59 Å². The Labute approximate surface area is 237 Å². The maximum absolute atomic E-state index is 12.8. The lowest BCUT2D eigenvalue weighted by Gasteiger charge is -2.35. The number of hydrogen-bond donors (Lipinski definition) is 2. The Balaban J connectivity index is 1.16. The molecule has 3 N–H and O–H groups in total. The van der Waals surface area contributed by atoms with Crippen LogP contribution >= 0.6 is 11.3 Å². The van der Waals surface area contributed by atoms with E-state index in [0.29, 0.717) is 43.3 Å². The van der Waals surface area contributed by atoms with Gasteiger partial charge in [0.15, 0.2) is 5.13 Å². The van der Waals surface area contributed by atoms with Gasteiger partial charge in [-0.05, 0) is 55.9 Å². The maximum atomic E-state index is 12.8. The molecule has 6 rings (SSSR count). The number of piperidine rings is 1. The first-order chi connectivity index (χ1) is 19.4. The van der Waals surface area contributed by atoms with E-state index in [1.165, 1.54) is 0 Å². The molecular formula is C30H34N4O5S. The van der Waals surface area contributed by atoms with Crippen molar-refractivity contribution >= 4 is 34.0 Å². The average molecular weight is 563 g/mol. The molecular weight excluding hydrogens is 528 g/mol. The topological polar surface area (TPSA) is 118 Å². The standard InChI is InChI=1S/C30H34N4O5S/c1-18-2-7-26(39-16-22-6-3-19(13-24(22)31)28(35)33-8-10-38-11-9-33)23(12-18)25-17-40-30(32-25)34-14-20-4-5-21(15-34)27(20)29(36)37/h2-3,6-7,12-13,17,20-21,27H,4-5,8-11,14-16,31H2,1H3,(H,36,37). The van der Waals surface area contributed by atoms with Crippen LogP contribution < -0.4 is 15.4 Å². The van der Waals surface area contributed by atoms with Gasteiger partial charge in [0.25, 0.3) is 5.91 Å². The van der Waals surface area contributed by atoms with Gasteiger partial charge in [-0.2, -0.15) is 0 Å². The summed E-state index contributed by atoms with van der Waals surface area (Å²) in [4.78, 5) is 33.6. The summed E-state index contributed by atoms with van der Waals surface area (Å²) in [6, 6.07) is 11.4. The summed E-state index contributed by atoms with van der Waals surface area (Å²) in [5.41, 5.74) is 11.1. The van der Waals surface area contributed by atoms with Gasteiger partial charge in [0.05, 0.1) is 24.8 Å². The number of carbonyl (C=O) groups excluding carboxylic acids is 1. The van der Waals surface area contributed by atoms with Crippen molar-refractivity contribution in [2.24, 2.45) is 17.8 Å². The Morgan fingerprint density at radius 3 is 2.58 bits per heavy atom. The molecule has 9 nitrogen and oxygen atoms in total. The molecule has 210 valence electrons. The average Bonchev–Trinajstić information content (AvgIpc) is 3.55. The summed E-state index contributed by atoms with van der Waals surface area (Å²) in [7, 11) is 0. The predicted molar refractivity (Wildman–Crippen MR) is 154 cm³/mol. The highest BCUT2D eigenvalue weighted by Crippen LogP contribution is 2.44. The second kappa shape index (κ2) is 11.1. The van der Waals surface area contributed by atoms with Crippen molar-refractivity contribution in [2.75, 3.05) is 50.0 Å². The molecule has 3 aromatic rings. The minimum Gasteiger partial charge on any atom is -0.488 e. The highest BCUT2D eigenvalue weighted by atomic mass is 32.1. The van der Waals surface area contributed by atoms with E-state index < -0.39 is 5.97 Å². The summed E-state index contributed by atoms with van der Waals surface area (Å²) in [6.07, 6.45) is 1.94. The number of thiazole rings is 1. The van der Waals surface area contributed by atoms with Crippen LogP contribution in [0.1, 0.15) is 34.3 Å². The van der Waals surface area contributed by atoms with Crippen molar-refractivity contribution in [2.45, 2.75) is 26.4 Å². The molecule has 2 aliphatic heterocycles. The molecule has 2 aromatic carbocycles. The van der Waals surface area contributed by atoms with Gasteiger partial charge in [0.2, 0.25) is 0 Å². The molecule has 1 aliphatic carbocycles. The highest BCUT2D eigenvalue weighted by molar-refractivity contribution is 7.14. The number of fused-ring (bicyclic) bond motifs is 2. The first-order valence-electron chi connectivity index (χ1n) is 13.8. The van der Waals surface area contributed by atoms with Crippen LogP contribution in [0.5, 0.6) is 5.75 Å². The van der Waals surface area contributed by atoms with Gasteiger partial charge >= 0.3 is 5.97 Å². The van der Waals surface area contributed by atoms with Crippen LogP contribution in [0.2, 0.25) is 0 Å². The summed E-state index contributed by atoms with van der Waals surface area (Å²) in [5.74, 6) is 0.145. The lowest BCUT2D eigenvalue weighted by Crippen LogP contribution is -2.44. The SMILES string of the molecule is Cc1ccc(OCc2ccc(C(=O)N3CCOCC3)cc2N)c(-c2csc(N3CC4CCC(C3)C4C(=O)O)n2)c1. The summed E-state index contributed by atoms with van der Waals surface area (Å²) < 4.78 is 11.6. The maximum Gasteiger partial charge on any atom is 0.307 e. The Kier molecular flexibility index (Phi) is 7.37. The number of benzene rings is 2. The molecule has 1 amide bonds. The van der Waals surface area contributed by atoms with Crippen LogP contribution in [-0.2, 0) is 16.1 Å². The predicted octanol–water partition coefficient (Wildman–Crippen LogP) is 4.30. The number of morpholine rings is 1. The highest BCUT2D eigenvalue weighted by Gasteiger charge is 2.46. The van der Waals surface area contributed by atoms with E-state index in [9.17, 15) is 14.7 Å². The first-order valence-corrected chi connectivity index (χ1v) is 14.7. The van der Waals surface area contributed by atoms with Crippen molar-refractivity contribution in [3.05, 3.63) is 58.5 Å². The third-order valence-corrected chi connectivity index (χ3v) is 9.27. The molecule has 3 fully saturated rings. The molecule has 2 bridgehead atoms. The van der Waals surface area contributed by atoms with E-state index in [4.69, 9.17) is 20.2 Å². The summed E-state index contributed by atoms with van der Waals surface area (Å²) >= 11 is 1.59. The molecule has 10 heteroatoms. The number of aromatic nitrogens is 1. The normalized spacial score (nSPS) is 22.4. The van der Waals surface area contributed by atoms with Crippen molar-refractivity contribution in [3.8, 4) is 17.0 Å². The Hall–Kier alpha value is -3.63. The van der Waals surface area contributed by atoms with Gasteiger partial charge in [-0.25, -0.2) is 4.98 Å². The zero-order chi connectivity index (χ0) is 27.8. The zero-order valence-corrected chi connectivity index (χ0v) is 23.4. The number of nitrogens with two attached hydrogens (primary N) is 1. The molecule has 1 saturated carbocycles. The van der Waals surface area contributed by atoms with Crippen LogP contribution in [0.3, 0.4) is 0 Å². The molecule has 2 saturated heterocycles. The summed E-state index contributed by atoms with van der Waals surface area (Å²) in [6.45, 7) is 6.04. The number of hydrogen-bond acceptors (Lipinski definition) is 8. The number of ether oxygens (including phenoxy) is 2. The Bertz CT molecular complexity index is 1400. The van der Waals surface area contributed by atoms with Crippen molar-refractivity contribution < 1.29 is 24.2 Å². The number of carboxylic acids is 1. The fourth-order valence-corrected chi connectivity index (χ4v) is 7.09. The molecule has 1 aromatic heterocycles. The second-order valence-electron chi connectivity index (χ2n) is 11.0. The van der Waals surface area contributed by atoms with Crippen molar-refractivity contribution in [3.63, 3.8) is 0 Å². The van der Waals surface area contributed by atoms with Crippen LogP contribution in [0.4, 0.5) is 10.8 Å². The van der Waals surface area contributed by atoms with Gasteiger partial charge < -0.3 is 30.1 Å². The molecule has 0 radical (unpaired) electrons. The Morgan fingerprint density at radius 1 is 1.12 bits per heavy atom. The number of amides is 1. The molecule has 2 unspecified atom stereocenters. The monoisotopic (exact) mass is 562 g/mol. The van der Waals surface area contributed by atoms with Crippen LogP contribution in [0.15, 0.2) is 41.8 Å². The van der Waals surface area contributed by atoms with Crippen molar-refractivity contribution in [1.82, 2.24) is 9.88 Å². The van der Waals surface area contributed by atoms with Crippen LogP contribution in [0.25, 0.3) is 11.3 Å². The van der Waals surface area contributed by atoms with Gasteiger partial charge in [-0.15, -0.1) is 11.3 Å². The fourth-order valence-electron chi connectivity index (χ4n) is 6.25. The Morgan fingerprint density at radius 2 is 1.88 bits per heavy atom. The van der Waals surface area contributed by atoms with Crippen LogP contribution in [-0.4, -0.2) is 66.3 Å². The minimum atomic E-state index is -0.660. The largest absolute Gasteiger partial charge is 0.488 e. The number of carbonyl (C=O) groups is 2. The molecule has 2 atom stereocenters. The summed E-state index contributed by atoms with van der Waals surface area (Å²) in [5, 5.41) is 12.6. The van der Waals surface area contributed by atoms with Gasteiger partial charge in [0.1, 0.15) is 12.4 Å². The van der Waals surface area contributed by atoms with Gasteiger partial charge in [-0.1, -0.05) is 17.7 Å². The fraction of sp³-hybridized carbons (Fsp3) is 0.433. The third kappa shape index (κ3) is 5.25. The lowest BCUT2D eigenvalue weighted by molar-refractivity contribution is -0.144. The van der Waals surface area contributed by atoms with E-state index in [1.54, 1.807) is 28.4 Å². The minimum absolute atomic E-state index is 0.0391. The number of rotatable bonds is 7. The quantitative estimate of drug-likeness (QED) is 0.410. The number of carboxylic acid groups (broad SMARTS) is 1. The van der Waals surface area contributed by atoms with E-state index >= 15 is 0 Å². The van der Waals surface area contributed by atoms with E-state index in [2.05, 4.69) is 11.0 Å². The number of aryl methyl sites for hydroxylation is 1. The zero-order valence-electron chi connectivity index (χ0n) is 22.5. The number of nitrogen functional groups attached to an aromatic ring is 1.